The number of anilines is 1. The van der Waals surface area contributed by atoms with Crippen LogP contribution in [-0.4, -0.2) is 15.2 Å². The molecule has 150 valence electrons. The highest BCUT2D eigenvalue weighted by Crippen LogP contribution is 2.39. The van der Waals surface area contributed by atoms with Gasteiger partial charge in [-0.15, -0.1) is 0 Å². The smallest absolute Gasteiger partial charge is 0.266 e. The van der Waals surface area contributed by atoms with Crippen LogP contribution in [0, 0.1) is 5.82 Å². The Bertz CT molecular complexity index is 1150. The first-order chi connectivity index (χ1) is 13.9. The van der Waals surface area contributed by atoms with E-state index in [1.807, 2.05) is 0 Å². The van der Waals surface area contributed by atoms with Crippen LogP contribution in [0.25, 0.3) is 0 Å². The standard InChI is InChI=1S/C21H17ClFNO4S/c1-14(15-6-11-19-20(12-15)28-13-27-19)24(17-9-7-16(23)8-10-17)29(25,26)21-5-3-2-4-18(21)22/h2-12,14H,13H2,1H3. The molecule has 0 saturated heterocycles. The van der Waals surface area contributed by atoms with Crippen molar-refractivity contribution in [2.45, 2.75) is 17.9 Å². The molecular formula is C21H17ClFNO4S. The molecule has 1 aliphatic heterocycles. The van der Waals surface area contributed by atoms with Gasteiger partial charge in [-0.25, -0.2) is 12.8 Å². The molecule has 4 rings (SSSR count). The topological polar surface area (TPSA) is 55.8 Å². The van der Waals surface area contributed by atoms with Gasteiger partial charge in [-0.1, -0.05) is 29.8 Å². The average molecular weight is 434 g/mol. The van der Waals surface area contributed by atoms with Gasteiger partial charge < -0.3 is 9.47 Å². The van der Waals surface area contributed by atoms with Crippen molar-refractivity contribution < 1.29 is 22.3 Å². The lowest BCUT2D eigenvalue weighted by Gasteiger charge is -2.31. The number of hydrogen-bond donors (Lipinski definition) is 0. The molecule has 0 aromatic heterocycles. The van der Waals surface area contributed by atoms with Gasteiger partial charge in [0.15, 0.2) is 11.5 Å². The minimum atomic E-state index is -4.05. The Kier molecular flexibility index (Phi) is 5.10. The predicted octanol–water partition coefficient (Wildman–Crippen LogP) is 5.16. The van der Waals surface area contributed by atoms with Crippen LogP contribution in [0.15, 0.2) is 71.6 Å². The first kappa shape index (κ1) is 19.5. The summed E-state index contributed by atoms with van der Waals surface area (Å²) in [5.41, 5.74) is 1.01. The van der Waals surface area contributed by atoms with Gasteiger partial charge in [-0.3, -0.25) is 4.31 Å². The molecule has 1 atom stereocenters. The van der Waals surface area contributed by atoms with Crippen LogP contribution in [0.4, 0.5) is 10.1 Å². The van der Waals surface area contributed by atoms with Crippen molar-refractivity contribution in [3.8, 4) is 11.5 Å². The maximum absolute atomic E-state index is 13.6. The van der Waals surface area contributed by atoms with E-state index in [0.29, 0.717) is 22.7 Å². The van der Waals surface area contributed by atoms with E-state index in [1.165, 1.54) is 40.7 Å². The Balaban J connectivity index is 1.85. The second kappa shape index (κ2) is 7.57. The molecule has 1 heterocycles. The second-order valence-corrected chi connectivity index (χ2v) is 8.69. The number of nitrogens with zero attached hydrogens (tertiary/aromatic N) is 1. The third-order valence-corrected chi connectivity index (χ3v) is 7.08. The summed E-state index contributed by atoms with van der Waals surface area (Å²) in [7, 11) is -4.05. The molecule has 0 N–H and O–H groups in total. The molecule has 0 spiro atoms. The van der Waals surface area contributed by atoms with Gasteiger partial charge in [0.1, 0.15) is 10.7 Å². The first-order valence-corrected chi connectivity index (χ1v) is 10.6. The maximum atomic E-state index is 13.6. The minimum absolute atomic E-state index is 0.0291. The fourth-order valence-electron chi connectivity index (χ4n) is 3.23. The Labute approximate surface area is 173 Å². The number of hydrogen-bond acceptors (Lipinski definition) is 4. The molecule has 0 aliphatic carbocycles. The molecule has 3 aromatic rings. The molecule has 3 aromatic carbocycles. The summed E-state index contributed by atoms with van der Waals surface area (Å²) >= 11 is 6.19. The molecule has 1 aliphatic rings. The molecule has 29 heavy (non-hydrogen) atoms. The monoisotopic (exact) mass is 433 g/mol. The summed E-state index contributed by atoms with van der Waals surface area (Å²) in [5.74, 6) is 0.686. The van der Waals surface area contributed by atoms with Gasteiger partial charge in [0.2, 0.25) is 6.79 Å². The molecule has 0 fully saturated rings. The van der Waals surface area contributed by atoms with E-state index in [9.17, 15) is 12.8 Å². The molecule has 0 radical (unpaired) electrons. The molecule has 0 saturated carbocycles. The highest BCUT2D eigenvalue weighted by Gasteiger charge is 2.32. The Morgan fingerprint density at radius 1 is 1.00 bits per heavy atom. The first-order valence-electron chi connectivity index (χ1n) is 8.82. The van der Waals surface area contributed by atoms with Crippen molar-refractivity contribution >= 4 is 27.3 Å². The second-order valence-electron chi connectivity index (χ2n) is 6.50. The van der Waals surface area contributed by atoms with Crippen LogP contribution < -0.4 is 13.8 Å². The third-order valence-electron chi connectivity index (χ3n) is 4.69. The molecular weight excluding hydrogens is 417 g/mol. The lowest BCUT2D eigenvalue weighted by molar-refractivity contribution is 0.174. The van der Waals surface area contributed by atoms with Crippen molar-refractivity contribution in [3.63, 3.8) is 0 Å². The largest absolute Gasteiger partial charge is 0.454 e. The predicted molar refractivity (Wildman–Crippen MR) is 108 cm³/mol. The maximum Gasteiger partial charge on any atom is 0.266 e. The molecule has 5 nitrogen and oxygen atoms in total. The Morgan fingerprint density at radius 3 is 2.41 bits per heavy atom. The molecule has 8 heteroatoms. The SMILES string of the molecule is CC(c1ccc2c(c1)OCO2)N(c1ccc(F)cc1)S(=O)(=O)c1ccccc1Cl. The van der Waals surface area contributed by atoms with Crippen LogP contribution in [-0.2, 0) is 10.0 Å². The van der Waals surface area contributed by atoms with Gasteiger partial charge in [-0.2, -0.15) is 0 Å². The van der Waals surface area contributed by atoms with E-state index in [4.69, 9.17) is 21.1 Å². The van der Waals surface area contributed by atoms with Crippen LogP contribution in [0.2, 0.25) is 5.02 Å². The summed E-state index contributed by atoms with van der Waals surface area (Å²) in [6.45, 7) is 1.86. The normalized spacial score (nSPS) is 13.9. The highest BCUT2D eigenvalue weighted by atomic mass is 35.5. The van der Waals surface area contributed by atoms with Gasteiger partial charge >= 0.3 is 0 Å². The molecule has 0 bridgehead atoms. The number of rotatable bonds is 5. The van der Waals surface area contributed by atoms with E-state index < -0.39 is 21.9 Å². The fourth-order valence-corrected chi connectivity index (χ4v) is 5.37. The average Bonchev–Trinajstić information content (AvgIpc) is 3.17. The van der Waals surface area contributed by atoms with Crippen molar-refractivity contribution in [2.75, 3.05) is 11.1 Å². The number of sulfonamides is 1. The molecule has 1 unspecified atom stereocenters. The lowest BCUT2D eigenvalue weighted by Crippen LogP contribution is -2.34. The summed E-state index contributed by atoms with van der Waals surface area (Å²) in [5, 5.41) is 0.109. The van der Waals surface area contributed by atoms with Crippen molar-refractivity contribution in [1.82, 2.24) is 0 Å². The zero-order valence-corrected chi connectivity index (χ0v) is 17.0. The highest BCUT2D eigenvalue weighted by molar-refractivity contribution is 7.93. The number of ether oxygens (including phenoxy) is 2. The fraction of sp³-hybridized carbons (Fsp3) is 0.143. The number of benzene rings is 3. The molecule has 0 amide bonds. The van der Waals surface area contributed by atoms with Gasteiger partial charge in [-0.05, 0) is 61.0 Å². The Morgan fingerprint density at radius 2 is 1.69 bits per heavy atom. The Hall–Kier alpha value is -2.77. The van der Waals surface area contributed by atoms with E-state index >= 15 is 0 Å². The summed E-state index contributed by atoms with van der Waals surface area (Å²) in [6.07, 6.45) is 0. The van der Waals surface area contributed by atoms with E-state index in [2.05, 4.69) is 0 Å². The van der Waals surface area contributed by atoms with Crippen LogP contribution in [0.5, 0.6) is 11.5 Å². The van der Waals surface area contributed by atoms with Crippen molar-refractivity contribution in [3.05, 3.63) is 83.1 Å². The quantitative estimate of drug-likeness (QED) is 0.557. The lowest BCUT2D eigenvalue weighted by atomic mass is 10.1. The van der Waals surface area contributed by atoms with Crippen LogP contribution >= 0.6 is 11.6 Å². The van der Waals surface area contributed by atoms with Crippen molar-refractivity contribution in [2.24, 2.45) is 0 Å². The van der Waals surface area contributed by atoms with Crippen molar-refractivity contribution in [1.29, 1.82) is 0 Å². The zero-order valence-electron chi connectivity index (χ0n) is 15.4. The minimum Gasteiger partial charge on any atom is -0.454 e. The van der Waals surface area contributed by atoms with Crippen LogP contribution in [0.3, 0.4) is 0 Å². The summed E-state index contributed by atoms with van der Waals surface area (Å²) in [6, 6.07) is 16.1. The number of fused-ring (bicyclic) bond motifs is 1. The summed E-state index contributed by atoms with van der Waals surface area (Å²) in [4.78, 5) is -0.0291. The zero-order chi connectivity index (χ0) is 20.6. The third kappa shape index (κ3) is 3.63. The summed E-state index contributed by atoms with van der Waals surface area (Å²) < 4.78 is 52.6. The number of halogens is 2. The van der Waals surface area contributed by atoms with Gasteiger partial charge in [0.25, 0.3) is 10.0 Å². The van der Waals surface area contributed by atoms with Gasteiger partial charge in [0.05, 0.1) is 16.8 Å². The van der Waals surface area contributed by atoms with E-state index in [-0.39, 0.29) is 16.7 Å². The van der Waals surface area contributed by atoms with E-state index in [1.54, 1.807) is 37.3 Å². The van der Waals surface area contributed by atoms with E-state index in [0.717, 1.165) is 0 Å². The van der Waals surface area contributed by atoms with Crippen LogP contribution in [0.1, 0.15) is 18.5 Å². The van der Waals surface area contributed by atoms with Gasteiger partial charge in [0, 0.05) is 0 Å².